The van der Waals surface area contributed by atoms with E-state index in [1.54, 1.807) is 18.6 Å². The molecule has 29 heavy (non-hydrogen) atoms. The van der Waals surface area contributed by atoms with Crippen LogP contribution in [0, 0.1) is 6.92 Å². The lowest BCUT2D eigenvalue weighted by Crippen LogP contribution is -2.24. The Morgan fingerprint density at radius 1 is 0.897 bits per heavy atom. The molecule has 0 aliphatic carbocycles. The molecule has 1 atom stereocenters. The van der Waals surface area contributed by atoms with Crippen LogP contribution in [0.4, 0.5) is 5.95 Å². The van der Waals surface area contributed by atoms with Gasteiger partial charge in [-0.05, 0) is 43.5 Å². The number of hydrogen-bond acceptors (Lipinski definition) is 7. The maximum Gasteiger partial charge on any atom is 0.259 e. The summed E-state index contributed by atoms with van der Waals surface area (Å²) in [6.45, 7) is 6.18. The summed E-state index contributed by atoms with van der Waals surface area (Å²) in [7, 11) is 0. The third kappa shape index (κ3) is 3.59. The average molecular weight is 386 g/mol. The molecule has 7 nitrogen and oxygen atoms in total. The van der Waals surface area contributed by atoms with Gasteiger partial charge < -0.3 is 10.3 Å². The monoisotopic (exact) mass is 386 g/mol. The second-order valence-corrected chi connectivity index (χ2v) is 7.20. The van der Waals surface area contributed by atoms with Crippen LogP contribution in [-0.2, 0) is 5.41 Å². The van der Waals surface area contributed by atoms with Gasteiger partial charge in [0.15, 0.2) is 5.82 Å². The van der Waals surface area contributed by atoms with Crippen molar-refractivity contribution in [1.29, 1.82) is 0 Å². The van der Waals surface area contributed by atoms with E-state index in [1.807, 2.05) is 31.2 Å². The normalized spacial score (nSPS) is 13.2. The molecule has 0 saturated carbocycles. The van der Waals surface area contributed by atoms with Gasteiger partial charge in [0.2, 0.25) is 5.95 Å². The Kier molecular flexibility index (Phi) is 4.80. The van der Waals surface area contributed by atoms with Crippen molar-refractivity contribution in [2.75, 3.05) is 5.73 Å². The molecule has 1 unspecified atom stereocenters. The number of benzene rings is 1. The molecule has 4 aromatic rings. The average Bonchev–Trinajstić information content (AvgIpc) is 3.25. The Hall–Kier alpha value is -3.61. The molecule has 0 fully saturated rings. The highest BCUT2D eigenvalue weighted by Gasteiger charge is 2.32. The third-order valence-corrected chi connectivity index (χ3v) is 5.31. The van der Waals surface area contributed by atoms with Crippen molar-refractivity contribution >= 4 is 5.95 Å². The fourth-order valence-electron chi connectivity index (χ4n) is 3.17. The summed E-state index contributed by atoms with van der Waals surface area (Å²) in [6.07, 6.45) is 6.01. The van der Waals surface area contributed by atoms with E-state index >= 15 is 0 Å². The topological polar surface area (TPSA) is 104 Å². The van der Waals surface area contributed by atoms with Crippen LogP contribution < -0.4 is 5.73 Å². The minimum Gasteiger partial charge on any atom is -0.368 e. The molecular weight excluding hydrogens is 364 g/mol. The molecule has 1 aromatic carbocycles. The highest BCUT2D eigenvalue weighted by Crippen LogP contribution is 2.35. The fraction of sp³-hybridized carbons (Fsp3) is 0.227. The highest BCUT2D eigenvalue weighted by atomic mass is 16.5. The SMILES string of the molecule is CCC(C)(c1ccc(-c2cnc(N)nc2)cc1)c1noc(-c2ccc(C)nc2)n1. The maximum atomic E-state index is 5.57. The van der Waals surface area contributed by atoms with E-state index in [-0.39, 0.29) is 11.4 Å². The number of hydrogen-bond donors (Lipinski definition) is 1. The zero-order chi connectivity index (χ0) is 20.4. The Morgan fingerprint density at radius 2 is 1.55 bits per heavy atom. The maximum absolute atomic E-state index is 5.57. The first-order valence-electron chi connectivity index (χ1n) is 9.45. The number of pyridine rings is 1. The van der Waals surface area contributed by atoms with Crippen LogP contribution in [0.5, 0.6) is 0 Å². The molecule has 0 amide bonds. The van der Waals surface area contributed by atoms with Gasteiger partial charge in [-0.2, -0.15) is 4.98 Å². The molecule has 0 spiro atoms. The van der Waals surface area contributed by atoms with Crippen LogP contribution in [0.3, 0.4) is 0 Å². The third-order valence-electron chi connectivity index (χ3n) is 5.31. The molecule has 0 radical (unpaired) electrons. The molecule has 4 rings (SSSR count). The number of aryl methyl sites for hydroxylation is 1. The minimum atomic E-state index is -0.379. The lowest BCUT2D eigenvalue weighted by molar-refractivity contribution is 0.398. The number of nitrogens with zero attached hydrogens (tertiary/aromatic N) is 5. The molecule has 0 bridgehead atoms. The van der Waals surface area contributed by atoms with E-state index in [0.29, 0.717) is 11.7 Å². The van der Waals surface area contributed by atoms with Crippen molar-refractivity contribution < 1.29 is 4.52 Å². The van der Waals surface area contributed by atoms with Crippen LogP contribution in [0.2, 0.25) is 0 Å². The lowest BCUT2D eigenvalue weighted by atomic mass is 9.79. The second-order valence-electron chi connectivity index (χ2n) is 7.20. The number of aromatic nitrogens is 5. The zero-order valence-electron chi connectivity index (χ0n) is 16.6. The quantitative estimate of drug-likeness (QED) is 0.548. The number of rotatable bonds is 5. The Morgan fingerprint density at radius 3 is 2.17 bits per heavy atom. The van der Waals surface area contributed by atoms with E-state index in [2.05, 4.69) is 51.1 Å². The minimum absolute atomic E-state index is 0.264. The first kappa shape index (κ1) is 18.7. The van der Waals surface area contributed by atoms with Crippen molar-refractivity contribution in [2.45, 2.75) is 32.6 Å². The second kappa shape index (κ2) is 7.43. The molecule has 2 N–H and O–H groups in total. The van der Waals surface area contributed by atoms with Gasteiger partial charge in [0.1, 0.15) is 0 Å². The Labute approximate surface area is 169 Å². The van der Waals surface area contributed by atoms with Crippen molar-refractivity contribution in [1.82, 2.24) is 25.1 Å². The van der Waals surface area contributed by atoms with E-state index in [4.69, 9.17) is 10.3 Å². The van der Waals surface area contributed by atoms with Crippen LogP contribution in [-0.4, -0.2) is 25.1 Å². The summed E-state index contributed by atoms with van der Waals surface area (Å²) in [6, 6.07) is 12.1. The standard InChI is InChI=1S/C22H22N6O/c1-4-22(3,20-27-19(29-28-20)16-6-5-14(2)24-11-16)18-9-7-15(8-10-18)17-12-25-21(23)26-13-17/h5-13H,4H2,1-3H3,(H2,23,25,26). The molecular formula is C22H22N6O. The van der Waals surface area contributed by atoms with Crippen molar-refractivity contribution in [3.8, 4) is 22.6 Å². The van der Waals surface area contributed by atoms with Crippen LogP contribution in [0.1, 0.15) is 37.4 Å². The van der Waals surface area contributed by atoms with Gasteiger partial charge in [-0.25, -0.2) is 9.97 Å². The highest BCUT2D eigenvalue weighted by molar-refractivity contribution is 5.62. The zero-order valence-corrected chi connectivity index (χ0v) is 16.6. The van der Waals surface area contributed by atoms with Crippen molar-refractivity contribution in [3.05, 3.63) is 72.1 Å². The van der Waals surface area contributed by atoms with E-state index in [9.17, 15) is 0 Å². The summed E-state index contributed by atoms with van der Waals surface area (Å²) in [5.41, 5.74) is 9.99. The Bertz CT molecular complexity index is 1100. The first-order chi connectivity index (χ1) is 14.0. The smallest absolute Gasteiger partial charge is 0.259 e. The molecule has 3 aromatic heterocycles. The van der Waals surface area contributed by atoms with Crippen LogP contribution in [0.25, 0.3) is 22.6 Å². The van der Waals surface area contributed by atoms with E-state index in [1.165, 1.54) is 0 Å². The van der Waals surface area contributed by atoms with Crippen molar-refractivity contribution in [3.63, 3.8) is 0 Å². The van der Waals surface area contributed by atoms with Crippen LogP contribution in [0.15, 0.2) is 59.5 Å². The molecule has 0 aliphatic rings. The Balaban J connectivity index is 1.65. The lowest BCUT2D eigenvalue weighted by Gasteiger charge is -2.25. The van der Waals surface area contributed by atoms with Crippen LogP contribution >= 0.6 is 0 Å². The summed E-state index contributed by atoms with van der Waals surface area (Å²) in [5, 5.41) is 4.28. The van der Waals surface area contributed by atoms with E-state index < -0.39 is 0 Å². The van der Waals surface area contributed by atoms with Gasteiger partial charge in [-0.1, -0.05) is 36.3 Å². The molecule has 7 heteroatoms. The van der Waals surface area contributed by atoms with Gasteiger partial charge in [0.05, 0.1) is 11.0 Å². The predicted octanol–water partition coefficient (Wildman–Crippen LogP) is 4.20. The van der Waals surface area contributed by atoms with Crippen molar-refractivity contribution in [2.24, 2.45) is 0 Å². The molecule has 146 valence electrons. The number of nitrogens with two attached hydrogens (primary N) is 1. The van der Waals surface area contributed by atoms with Gasteiger partial charge in [0, 0.05) is 29.8 Å². The fourth-order valence-corrected chi connectivity index (χ4v) is 3.17. The summed E-state index contributed by atoms with van der Waals surface area (Å²) in [5.74, 6) is 1.39. The van der Waals surface area contributed by atoms with Gasteiger partial charge >= 0.3 is 0 Å². The summed E-state index contributed by atoms with van der Waals surface area (Å²) >= 11 is 0. The van der Waals surface area contributed by atoms with Gasteiger partial charge in [-0.3, -0.25) is 4.98 Å². The molecule has 0 aliphatic heterocycles. The first-order valence-corrected chi connectivity index (χ1v) is 9.45. The van der Waals surface area contributed by atoms with Gasteiger partial charge in [0.25, 0.3) is 5.89 Å². The number of nitrogen functional groups attached to an aromatic ring is 1. The predicted molar refractivity (Wildman–Crippen MR) is 111 cm³/mol. The van der Waals surface area contributed by atoms with E-state index in [0.717, 1.165) is 34.4 Å². The van der Waals surface area contributed by atoms with Gasteiger partial charge in [-0.15, -0.1) is 0 Å². The molecule has 0 saturated heterocycles. The molecule has 3 heterocycles. The number of anilines is 1. The summed E-state index contributed by atoms with van der Waals surface area (Å²) < 4.78 is 5.53. The summed E-state index contributed by atoms with van der Waals surface area (Å²) in [4.78, 5) is 17.1. The largest absolute Gasteiger partial charge is 0.368 e.